The summed E-state index contributed by atoms with van der Waals surface area (Å²) in [4.78, 5) is 21.5. The summed E-state index contributed by atoms with van der Waals surface area (Å²) in [6, 6.07) is 13.5. The van der Waals surface area contributed by atoms with Gasteiger partial charge in [0.1, 0.15) is 11.6 Å². The fraction of sp³-hybridized carbons (Fsp3) is 0.182. The number of aromatic nitrogens is 4. The summed E-state index contributed by atoms with van der Waals surface area (Å²) in [6.07, 6.45) is 0.0483. The Balaban J connectivity index is 1.64. The molecule has 0 aliphatic heterocycles. The number of rotatable bonds is 5. The zero-order valence-corrected chi connectivity index (χ0v) is 16.8. The number of hydrogen-bond donors (Lipinski definition) is 1. The molecular formula is C22H20FN5O2. The minimum atomic E-state index is -0.478. The average Bonchev–Trinajstić information content (AvgIpc) is 3.17. The van der Waals surface area contributed by atoms with E-state index in [1.54, 1.807) is 23.8 Å². The van der Waals surface area contributed by atoms with Crippen LogP contribution in [0.25, 0.3) is 17.2 Å². The molecular weight excluding hydrogens is 385 g/mol. The van der Waals surface area contributed by atoms with Crippen molar-refractivity contribution in [1.29, 1.82) is 0 Å². The van der Waals surface area contributed by atoms with E-state index in [0.29, 0.717) is 17.3 Å². The molecule has 8 heteroatoms. The zero-order valence-electron chi connectivity index (χ0n) is 16.8. The van der Waals surface area contributed by atoms with Gasteiger partial charge in [-0.25, -0.2) is 13.9 Å². The average molecular weight is 405 g/mol. The maximum Gasteiger partial charge on any atom is 0.253 e. The third-order valence-corrected chi connectivity index (χ3v) is 4.88. The van der Waals surface area contributed by atoms with E-state index in [2.05, 4.69) is 20.4 Å². The smallest absolute Gasteiger partial charge is 0.253 e. The Kier molecular flexibility index (Phi) is 5.14. The van der Waals surface area contributed by atoms with Crippen LogP contribution < -0.4 is 10.1 Å². The zero-order chi connectivity index (χ0) is 21.3. The van der Waals surface area contributed by atoms with Gasteiger partial charge >= 0.3 is 0 Å². The van der Waals surface area contributed by atoms with Crippen molar-refractivity contribution in [1.82, 2.24) is 19.6 Å². The van der Waals surface area contributed by atoms with E-state index in [-0.39, 0.29) is 18.0 Å². The van der Waals surface area contributed by atoms with Crippen molar-refractivity contribution in [3.05, 3.63) is 71.3 Å². The highest BCUT2D eigenvalue weighted by atomic mass is 19.1. The Morgan fingerprint density at radius 3 is 2.53 bits per heavy atom. The van der Waals surface area contributed by atoms with Crippen LogP contribution >= 0.6 is 0 Å². The van der Waals surface area contributed by atoms with E-state index < -0.39 is 5.82 Å². The first-order chi connectivity index (χ1) is 14.5. The van der Waals surface area contributed by atoms with E-state index in [1.807, 2.05) is 38.1 Å². The Hall–Kier alpha value is -3.81. The van der Waals surface area contributed by atoms with Gasteiger partial charge in [-0.3, -0.25) is 4.79 Å². The van der Waals surface area contributed by atoms with E-state index in [9.17, 15) is 9.18 Å². The third-order valence-electron chi connectivity index (χ3n) is 4.88. The molecule has 30 heavy (non-hydrogen) atoms. The van der Waals surface area contributed by atoms with Crippen LogP contribution in [0.3, 0.4) is 0 Å². The van der Waals surface area contributed by atoms with Crippen LogP contribution in [0.15, 0.2) is 48.5 Å². The SMILES string of the molecule is COc1ccc(-c2nc3nc(C)c(CC(=O)Nc4ccccc4F)c(C)n3n2)cc1. The summed E-state index contributed by atoms with van der Waals surface area (Å²) in [7, 11) is 1.61. The lowest BCUT2D eigenvalue weighted by molar-refractivity contribution is -0.115. The molecule has 2 aromatic carbocycles. The molecule has 1 N–H and O–H groups in total. The highest BCUT2D eigenvalue weighted by Crippen LogP contribution is 2.22. The molecule has 0 unspecified atom stereocenters. The third kappa shape index (κ3) is 3.71. The lowest BCUT2D eigenvalue weighted by Crippen LogP contribution is -2.18. The van der Waals surface area contributed by atoms with Gasteiger partial charge in [0.2, 0.25) is 5.91 Å². The van der Waals surface area contributed by atoms with Crippen molar-refractivity contribution in [2.24, 2.45) is 0 Å². The molecule has 0 fully saturated rings. The van der Waals surface area contributed by atoms with Crippen molar-refractivity contribution in [2.45, 2.75) is 20.3 Å². The number of hydrogen-bond acceptors (Lipinski definition) is 5. The summed E-state index contributed by atoms with van der Waals surface area (Å²) in [5, 5.41) is 7.16. The Morgan fingerprint density at radius 1 is 1.10 bits per heavy atom. The van der Waals surface area contributed by atoms with E-state index in [4.69, 9.17) is 4.74 Å². The molecule has 0 saturated carbocycles. The predicted octanol–water partition coefficient (Wildman–Crippen LogP) is 3.74. The van der Waals surface area contributed by atoms with Crippen molar-refractivity contribution in [3.8, 4) is 17.1 Å². The number of aryl methyl sites for hydroxylation is 2. The second-order valence-electron chi connectivity index (χ2n) is 6.84. The number of fused-ring (bicyclic) bond motifs is 1. The van der Waals surface area contributed by atoms with E-state index in [0.717, 1.165) is 22.6 Å². The highest BCUT2D eigenvalue weighted by Gasteiger charge is 2.17. The molecule has 4 rings (SSSR count). The second kappa shape index (κ2) is 7.90. The van der Waals surface area contributed by atoms with Crippen molar-refractivity contribution >= 4 is 17.4 Å². The van der Waals surface area contributed by atoms with Gasteiger partial charge in [-0.1, -0.05) is 12.1 Å². The minimum absolute atomic E-state index is 0.0483. The number of halogens is 1. The number of anilines is 1. The Labute approximate surface area is 172 Å². The molecule has 0 atom stereocenters. The van der Waals surface area contributed by atoms with Crippen LogP contribution in [-0.2, 0) is 11.2 Å². The molecule has 2 aromatic heterocycles. The summed E-state index contributed by atoms with van der Waals surface area (Å²) in [6.45, 7) is 3.68. The summed E-state index contributed by atoms with van der Waals surface area (Å²) < 4.78 is 20.6. The summed E-state index contributed by atoms with van der Waals surface area (Å²) in [5.41, 5.74) is 3.14. The van der Waals surface area contributed by atoms with Gasteiger partial charge in [0.15, 0.2) is 5.82 Å². The van der Waals surface area contributed by atoms with Gasteiger partial charge in [0, 0.05) is 22.5 Å². The first kappa shape index (κ1) is 19.5. The minimum Gasteiger partial charge on any atom is -0.497 e. The van der Waals surface area contributed by atoms with E-state index in [1.165, 1.54) is 12.1 Å². The molecule has 0 radical (unpaired) electrons. The van der Waals surface area contributed by atoms with Crippen molar-refractivity contribution in [3.63, 3.8) is 0 Å². The molecule has 4 aromatic rings. The normalized spacial score (nSPS) is 10.9. The van der Waals surface area contributed by atoms with E-state index >= 15 is 0 Å². The first-order valence-corrected chi connectivity index (χ1v) is 9.38. The van der Waals surface area contributed by atoms with Crippen molar-refractivity contribution < 1.29 is 13.9 Å². The van der Waals surface area contributed by atoms with Crippen LogP contribution in [0, 0.1) is 19.7 Å². The second-order valence-corrected chi connectivity index (χ2v) is 6.84. The van der Waals surface area contributed by atoms with Gasteiger partial charge < -0.3 is 10.1 Å². The van der Waals surface area contributed by atoms with Crippen LogP contribution in [0.4, 0.5) is 10.1 Å². The standard InChI is InChI=1S/C22H20FN5O2/c1-13-17(12-20(29)25-19-7-5-4-6-18(19)23)14(2)28-22(24-13)26-21(27-28)15-8-10-16(30-3)11-9-15/h4-11H,12H2,1-3H3,(H,25,29). The monoisotopic (exact) mass is 405 g/mol. The molecule has 2 heterocycles. The molecule has 1 amide bonds. The number of nitrogens with zero attached hydrogens (tertiary/aromatic N) is 4. The fourth-order valence-corrected chi connectivity index (χ4v) is 3.24. The topological polar surface area (TPSA) is 81.4 Å². The Morgan fingerprint density at radius 2 is 1.83 bits per heavy atom. The largest absolute Gasteiger partial charge is 0.497 e. The van der Waals surface area contributed by atoms with Crippen LogP contribution in [0.5, 0.6) is 5.75 Å². The highest BCUT2D eigenvalue weighted by molar-refractivity contribution is 5.92. The molecule has 0 saturated heterocycles. The number of methoxy groups -OCH3 is 1. The number of carbonyl (C=O) groups excluding carboxylic acids is 1. The predicted molar refractivity (Wildman–Crippen MR) is 111 cm³/mol. The molecule has 0 aliphatic rings. The van der Waals surface area contributed by atoms with Crippen LogP contribution in [-0.4, -0.2) is 32.6 Å². The van der Waals surface area contributed by atoms with Gasteiger partial charge in [0.05, 0.1) is 19.2 Å². The lowest BCUT2D eigenvalue weighted by atomic mass is 10.1. The number of carbonyl (C=O) groups is 1. The van der Waals surface area contributed by atoms with Gasteiger partial charge in [0.25, 0.3) is 5.78 Å². The lowest BCUT2D eigenvalue weighted by Gasteiger charge is -2.11. The summed E-state index contributed by atoms with van der Waals surface area (Å²) in [5.74, 6) is 0.918. The summed E-state index contributed by atoms with van der Waals surface area (Å²) >= 11 is 0. The van der Waals surface area contributed by atoms with Crippen LogP contribution in [0.1, 0.15) is 17.0 Å². The Bertz CT molecular complexity index is 1230. The maximum atomic E-state index is 13.8. The number of benzene rings is 2. The molecule has 0 bridgehead atoms. The molecule has 0 aliphatic carbocycles. The van der Waals surface area contributed by atoms with Gasteiger partial charge in [-0.15, -0.1) is 5.10 Å². The molecule has 7 nitrogen and oxygen atoms in total. The fourth-order valence-electron chi connectivity index (χ4n) is 3.24. The van der Waals surface area contributed by atoms with Gasteiger partial charge in [-0.2, -0.15) is 4.98 Å². The molecule has 0 spiro atoms. The number of para-hydroxylation sites is 1. The van der Waals surface area contributed by atoms with Crippen LogP contribution in [0.2, 0.25) is 0 Å². The maximum absolute atomic E-state index is 13.8. The number of nitrogens with one attached hydrogen (secondary N) is 1. The van der Waals surface area contributed by atoms with Gasteiger partial charge in [-0.05, 0) is 50.2 Å². The molecule has 152 valence electrons. The van der Waals surface area contributed by atoms with Crippen molar-refractivity contribution in [2.75, 3.05) is 12.4 Å². The number of ether oxygens (including phenoxy) is 1. The first-order valence-electron chi connectivity index (χ1n) is 9.38. The number of amides is 1. The quantitative estimate of drug-likeness (QED) is 0.547.